The van der Waals surface area contributed by atoms with E-state index in [4.69, 9.17) is 0 Å². The molecule has 4 rings (SSSR count). The minimum atomic E-state index is -0.407. The van der Waals surface area contributed by atoms with Crippen LogP contribution in [0.5, 0.6) is 0 Å². The predicted molar refractivity (Wildman–Crippen MR) is 119 cm³/mol. The predicted octanol–water partition coefficient (Wildman–Crippen LogP) is 5.33. The zero-order valence-corrected chi connectivity index (χ0v) is 17.7. The summed E-state index contributed by atoms with van der Waals surface area (Å²) >= 11 is 4.70. The first-order valence-corrected chi connectivity index (χ1v) is 11.8. The smallest absolute Gasteiger partial charge is 0.269 e. The molecule has 0 saturated heterocycles. The Morgan fingerprint density at radius 2 is 2.03 bits per heavy atom. The van der Waals surface area contributed by atoms with Crippen molar-refractivity contribution in [1.82, 2.24) is 5.01 Å². The van der Waals surface area contributed by atoms with E-state index in [0.717, 1.165) is 21.0 Å². The Morgan fingerprint density at radius 3 is 2.76 bits per heavy atom. The van der Waals surface area contributed by atoms with Crippen LogP contribution in [0.1, 0.15) is 27.8 Å². The maximum absolute atomic E-state index is 12.9. The van der Waals surface area contributed by atoms with Gasteiger partial charge in [-0.2, -0.15) is 5.10 Å². The molecule has 1 aromatic carbocycles. The van der Waals surface area contributed by atoms with Gasteiger partial charge in [0.25, 0.3) is 11.6 Å². The van der Waals surface area contributed by atoms with Crippen LogP contribution >= 0.6 is 34.4 Å². The molecule has 0 unspecified atom stereocenters. The van der Waals surface area contributed by atoms with Crippen molar-refractivity contribution in [2.75, 3.05) is 5.75 Å². The Balaban J connectivity index is 1.44. The van der Waals surface area contributed by atoms with Crippen LogP contribution in [0.3, 0.4) is 0 Å². The second-order valence-electron chi connectivity index (χ2n) is 6.42. The average Bonchev–Trinajstić information content (AvgIpc) is 3.48. The third kappa shape index (κ3) is 4.58. The maximum Gasteiger partial charge on any atom is 0.269 e. The molecule has 1 aliphatic heterocycles. The van der Waals surface area contributed by atoms with Gasteiger partial charge in [0, 0.05) is 29.2 Å². The molecule has 0 saturated carbocycles. The fourth-order valence-corrected chi connectivity index (χ4v) is 5.47. The van der Waals surface area contributed by atoms with Gasteiger partial charge in [0.1, 0.15) is 0 Å². The number of hydrazone groups is 1. The number of carbonyl (C=O) groups is 1. The number of rotatable bonds is 7. The first-order valence-electron chi connectivity index (χ1n) is 8.89. The highest BCUT2D eigenvalue weighted by Gasteiger charge is 2.33. The van der Waals surface area contributed by atoms with E-state index < -0.39 is 4.92 Å². The molecule has 0 bridgehead atoms. The lowest BCUT2D eigenvalue weighted by atomic mass is 10.1. The zero-order chi connectivity index (χ0) is 20.2. The van der Waals surface area contributed by atoms with Crippen LogP contribution in [0.15, 0.2) is 64.4 Å². The molecule has 0 spiro atoms. The molecular formula is C20H17N3O3S3. The normalized spacial score (nSPS) is 16.1. The molecule has 1 atom stereocenters. The standard InChI is InChI=1S/C20H17N3O3S3/c24-20(13-27-12-14-4-1-5-15(10-14)23(25)26)22-17(19-7-3-9-29-19)11-16(21-22)18-6-2-8-28-18/h1-10,17H,11-13H2/t17-/m0/s1. The summed E-state index contributed by atoms with van der Waals surface area (Å²) in [5, 5.41) is 21.2. The number of carbonyl (C=O) groups excluding carboxylic acids is 1. The van der Waals surface area contributed by atoms with Crippen LogP contribution < -0.4 is 0 Å². The van der Waals surface area contributed by atoms with Crippen LogP contribution in [0, 0.1) is 10.1 Å². The molecule has 0 radical (unpaired) electrons. The van der Waals surface area contributed by atoms with Gasteiger partial charge in [0.2, 0.25) is 0 Å². The van der Waals surface area contributed by atoms with Gasteiger partial charge >= 0.3 is 0 Å². The number of benzene rings is 1. The van der Waals surface area contributed by atoms with Crippen molar-refractivity contribution in [3.05, 3.63) is 84.7 Å². The third-order valence-corrected chi connectivity index (χ3v) is 7.34. The molecule has 3 heterocycles. The van der Waals surface area contributed by atoms with Crippen molar-refractivity contribution < 1.29 is 9.72 Å². The molecule has 1 aliphatic rings. The van der Waals surface area contributed by atoms with E-state index in [0.29, 0.717) is 12.2 Å². The molecule has 9 heteroatoms. The summed E-state index contributed by atoms with van der Waals surface area (Å²) in [4.78, 5) is 25.6. The lowest BCUT2D eigenvalue weighted by molar-refractivity contribution is -0.384. The lowest BCUT2D eigenvalue weighted by Gasteiger charge is -2.20. The van der Waals surface area contributed by atoms with E-state index in [1.807, 2.05) is 41.1 Å². The SMILES string of the molecule is O=C(CSCc1cccc([N+](=O)[O-])c1)N1N=C(c2cccs2)C[C@H]1c1cccs1. The van der Waals surface area contributed by atoms with E-state index in [1.165, 1.54) is 17.8 Å². The molecule has 0 N–H and O–H groups in total. The van der Waals surface area contributed by atoms with Gasteiger partial charge in [-0.3, -0.25) is 14.9 Å². The van der Waals surface area contributed by atoms with Crippen molar-refractivity contribution in [2.24, 2.45) is 5.10 Å². The van der Waals surface area contributed by atoms with Gasteiger partial charge in [0.05, 0.1) is 27.3 Å². The highest BCUT2D eigenvalue weighted by atomic mass is 32.2. The van der Waals surface area contributed by atoms with Crippen molar-refractivity contribution >= 4 is 51.7 Å². The maximum atomic E-state index is 12.9. The molecule has 0 fully saturated rings. The van der Waals surface area contributed by atoms with Gasteiger partial charge in [-0.1, -0.05) is 24.3 Å². The van der Waals surface area contributed by atoms with E-state index in [2.05, 4.69) is 5.10 Å². The average molecular weight is 444 g/mol. The Hall–Kier alpha value is -2.49. The van der Waals surface area contributed by atoms with E-state index in [9.17, 15) is 14.9 Å². The van der Waals surface area contributed by atoms with Crippen LogP contribution in [0.25, 0.3) is 0 Å². The second-order valence-corrected chi connectivity index (χ2v) is 9.33. The van der Waals surface area contributed by atoms with Crippen molar-refractivity contribution in [3.8, 4) is 0 Å². The molecule has 6 nitrogen and oxygen atoms in total. The topological polar surface area (TPSA) is 75.8 Å². The number of nitro groups is 1. The summed E-state index contributed by atoms with van der Waals surface area (Å²) in [6.45, 7) is 0. The monoisotopic (exact) mass is 443 g/mol. The zero-order valence-electron chi connectivity index (χ0n) is 15.3. The van der Waals surface area contributed by atoms with Crippen LogP contribution in [0.4, 0.5) is 5.69 Å². The number of nitro benzene ring substituents is 1. The number of amides is 1. The first-order chi connectivity index (χ1) is 14.1. The summed E-state index contributed by atoms with van der Waals surface area (Å²) < 4.78 is 0. The summed E-state index contributed by atoms with van der Waals surface area (Å²) in [7, 11) is 0. The largest absolute Gasteiger partial charge is 0.272 e. The molecule has 2 aromatic heterocycles. The number of thioether (sulfide) groups is 1. The minimum absolute atomic E-state index is 0.0506. The minimum Gasteiger partial charge on any atom is -0.272 e. The Morgan fingerprint density at radius 1 is 1.21 bits per heavy atom. The highest BCUT2D eigenvalue weighted by molar-refractivity contribution is 7.99. The Bertz CT molecular complexity index is 1030. The van der Waals surface area contributed by atoms with Gasteiger partial charge in [-0.25, -0.2) is 5.01 Å². The highest BCUT2D eigenvalue weighted by Crippen LogP contribution is 2.36. The summed E-state index contributed by atoms with van der Waals surface area (Å²) in [5.41, 5.74) is 1.84. The summed E-state index contributed by atoms with van der Waals surface area (Å²) in [5.74, 6) is 0.753. The summed E-state index contributed by atoms with van der Waals surface area (Å²) in [6, 6.07) is 14.5. The molecule has 148 valence electrons. The molecule has 1 amide bonds. The van der Waals surface area contributed by atoms with E-state index >= 15 is 0 Å². The number of non-ortho nitro benzene ring substituents is 1. The van der Waals surface area contributed by atoms with Crippen molar-refractivity contribution in [3.63, 3.8) is 0 Å². The number of hydrogen-bond acceptors (Lipinski definition) is 7. The van der Waals surface area contributed by atoms with Crippen LogP contribution in [0.2, 0.25) is 0 Å². The molecule has 0 aliphatic carbocycles. The van der Waals surface area contributed by atoms with Crippen molar-refractivity contribution in [1.29, 1.82) is 0 Å². The van der Waals surface area contributed by atoms with Gasteiger partial charge in [0.15, 0.2) is 0 Å². The van der Waals surface area contributed by atoms with Gasteiger partial charge in [-0.05, 0) is 28.5 Å². The van der Waals surface area contributed by atoms with Crippen LogP contribution in [-0.2, 0) is 10.5 Å². The quantitative estimate of drug-likeness (QED) is 0.365. The fraction of sp³-hybridized carbons (Fsp3) is 0.200. The lowest BCUT2D eigenvalue weighted by Crippen LogP contribution is -2.28. The molecule has 3 aromatic rings. The summed E-state index contributed by atoms with van der Waals surface area (Å²) in [6.07, 6.45) is 0.711. The molecule has 29 heavy (non-hydrogen) atoms. The number of nitrogens with zero attached hydrogens (tertiary/aromatic N) is 3. The number of hydrogen-bond donors (Lipinski definition) is 0. The second kappa shape index (κ2) is 8.89. The Kier molecular flexibility index (Phi) is 6.08. The van der Waals surface area contributed by atoms with E-state index in [-0.39, 0.29) is 23.4 Å². The van der Waals surface area contributed by atoms with Crippen molar-refractivity contribution in [2.45, 2.75) is 18.2 Å². The first kappa shape index (κ1) is 19.8. The Labute approximate surface area is 180 Å². The third-order valence-electron chi connectivity index (χ3n) is 4.46. The fourth-order valence-electron chi connectivity index (χ4n) is 3.12. The van der Waals surface area contributed by atoms with E-state index in [1.54, 1.807) is 39.8 Å². The van der Waals surface area contributed by atoms with Crippen LogP contribution in [-0.4, -0.2) is 27.3 Å². The molecular weight excluding hydrogens is 426 g/mol. The van der Waals surface area contributed by atoms with Gasteiger partial charge < -0.3 is 0 Å². The number of thiophene rings is 2. The van der Waals surface area contributed by atoms with Gasteiger partial charge in [-0.15, -0.1) is 34.4 Å².